The summed E-state index contributed by atoms with van der Waals surface area (Å²) in [6.07, 6.45) is 0.0329. The predicted molar refractivity (Wildman–Crippen MR) is 33.7 cm³/mol. The molecule has 0 fully saturated rings. The van der Waals surface area contributed by atoms with Gasteiger partial charge >= 0.3 is 0 Å². The molecule has 0 aromatic heterocycles. The Morgan fingerprint density at radius 2 is 1.89 bits per heavy atom. The Morgan fingerprint density at radius 3 is 2.00 bits per heavy atom. The maximum atomic E-state index is 8.83. The van der Waals surface area contributed by atoms with Crippen LogP contribution < -0.4 is 0 Å². The number of hydrogen-bond donors (Lipinski definition) is 2. The van der Waals surface area contributed by atoms with Crippen LogP contribution in [0.25, 0.3) is 0 Å². The van der Waals surface area contributed by atoms with E-state index in [-0.39, 0.29) is 12.5 Å². The monoisotopic (exact) mass is 134 g/mol. The Balaban J connectivity index is 3.58. The molecule has 9 heavy (non-hydrogen) atoms. The van der Waals surface area contributed by atoms with Gasteiger partial charge in [0.05, 0.1) is 6.10 Å². The maximum Gasteiger partial charge on any atom is 0.277 e. The molecule has 3 nitrogen and oxygen atoms in total. The van der Waals surface area contributed by atoms with Gasteiger partial charge in [-0.3, -0.25) is 0 Å². The SMILES string of the molecule is CCC(O)(O)OC(C)C. The largest absolute Gasteiger partial charge is 0.343 e. The van der Waals surface area contributed by atoms with E-state index >= 15 is 0 Å². The van der Waals surface area contributed by atoms with Gasteiger partial charge in [0.25, 0.3) is 5.97 Å². The van der Waals surface area contributed by atoms with Crippen molar-refractivity contribution in [2.75, 3.05) is 0 Å². The smallest absolute Gasteiger partial charge is 0.277 e. The van der Waals surface area contributed by atoms with Gasteiger partial charge in [0, 0.05) is 6.42 Å². The Kier molecular flexibility index (Phi) is 3.11. The van der Waals surface area contributed by atoms with Crippen molar-refractivity contribution in [3.63, 3.8) is 0 Å². The Labute approximate surface area is 55.3 Å². The summed E-state index contributed by atoms with van der Waals surface area (Å²) in [6.45, 7) is 5.14. The summed E-state index contributed by atoms with van der Waals surface area (Å²) in [5, 5.41) is 17.7. The number of aliphatic hydroxyl groups is 2. The van der Waals surface area contributed by atoms with E-state index in [0.717, 1.165) is 0 Å². The van der Waals surface area contributed by atoms with Crippen LogP contribution in [0.2, 0.25) is 0 Å². The molecule has 0 atom stereocenters. The summed E-state index contributed by atoms with van der Waals surface area (Å²) < 4.78 is 4.70. The van der Waals surface area contributed by atoms with E-state index in [0.29, 0.717) is 0 Å². The molecule has 0 aromatic carbocycles. The van der Waals surface area contributed by atoms with Gasteiger partial charge in [-0.2, -0.15) is 0 Å². The second-order valence-electron chi connectivity index (χ2n) is 2.26. The zero-order valence-electron chi connectivity index (χ0n) is 6.09. The highest BCUT2D eigenvalue weighted by atomic mass is 16.8. The fraction of sp³-hybridized carbons (Fsp3) is 1.00. The van der Waals surface area contributed by atoms with Crippen LogP contribution in [0, 0.1) is 0 Å². The average Bonchev–Trinajstić information content (AvgIpc) is 1.63. The lowest BCUT2D eigenvalue weighted by atomic mass is 10.4. The van der Waals surface area contributed by atoms with Crippen molar-refractivity contribution in [3.05, 3.63) is 0 Å². The zero-order valence-corrected chi connectivity index (χ0v) is 6.09. The van der Waals surface area contributed by atoms with Crippen LogP contribution in [0.15, 0.2) is 0 Å². The Hall–Kier alpha value is -0.120. The lowest BCUT2D eigenvalue weighted by Gasteiger charge is -2.22. The van der Waals surface area contributed by atoms with Crippen molar-refractivity contribution in [2.24, 2.45) is 0 Å². The van der Waals surface area contributed by atoms with Gasteiger partial charge in [-0.05, 0) is 13.8 Å². The number of ether oxygens (including phenoxy) is 1. The molecule has 0 aliphatic heterocycles. The quantitative estimate of drug-likeness (QED) is 0.551. The highest BCUT2D eigenvalue weighted by molar-refractivity contribution is 4.47. The molecule has 0 bridgehead atoms. The van der Waals surface area contributed by atoms with E-state index < -0.39 is 5.97 Å². The Bertz CT molecular complexity index is 78.4. The van der Waals surface area contributed by atoms with Gasteiger partial charge in [0.15, 0.2) is 0 Å². The fourth-order valence-corrected chi connectivity index (χ4v) is 0.461. The summed E-state index contributed by atoms with van der Waals surface area (Å²) >= 11 is 0. The van der Waals surface area contributed by atoms with Crippen molar-refractivity contribution in [2.45, 2.75) is 39.3 Å². The lowest BCUT2D eigenvalue weighted by molar-refractivity contribution is -0.350. The molecular formula is C6H14O3. The van der Waals surface area contributed by atoms with Crippen LogP contribution in [0.5, 0.6) is 0 Å². The third kappa shape index (κ3) is 4.39. The zero-order chi connectivity index (χ0) is 7.49. The van der Waals surface area contributed by atoms with Gasteiger partial charge in [0.2, 0.25) is 0 Å². The van der Waals surface area contributed by atoms with Crippen molar-refractivity contribution in [1.82, 2.24) is 0 Å². The highest BCUT2D eigenvalue weighted by Crippen LogP contribution is 2.09. The molecule has 0 amide bonds. The molecule has 0 heterocycles. The van der Waals surface area contributed by atoms with Crippen LogP contribution >= 0.6 is 0 Å². The maximum absolute atomic E-state index is 8.83. The normalized spacial score (nSPS) is 12.7. The van der Waals surface area contributed by atoms with Crippen LogP contribution in [-0.4, -0.2) is 22.3 Å². The standard InChI is InChI=1S/C6H14O3/c1-4-6(7,8)9-5(2)3/h5,7-8H,4H2,1-3H3. The van der Waals surface area contributed by atoms with Crippen LogP contribution in [0.4, 0.5) is 0 Å². The first kappa shape index (κ1) is 8.88. The van der Waals surface area contributed by atoms with E-state index in [1.165, 1.54) is 0 Å². The summed E-state index contributed by atoms with van der Waals surface area (Å²) in [5.41, 5.74) is 0. The molecule has 0 aromatic rings. The number of hydrogen-bond acceptors (Lipinski definition) is 3. The molecule has 0 unspecified atom stereocenters. The second kappa shape index (κ2) is 3.15. The van der Waals surface area contributed by atoms with Crippen molar-refractivity contribution < 1.29 is 14.9 Å². The molecule has 0 spiro atoms. The third-order valence-electron chi connectivity index (χ3n) is 0.885. The minimum Gasteiger partial charge on any atom is -0.343 e. The summed E-state index contributed by atoms with van der Waals surface area (Å²) in [7, 11) is 0. The summed E-state index contributed by atoms with van der Waals surface area (Å²) in [4.78, 5) is 0. The highest BCUT2D eigenvalue weighted by Gasteiger charge is 2.21. The van der Waals surface area contributed by atoms with E-state index in [1.54, 1.807) is 20.8 Å². The predicted octanol–water partition coefficient (Wildman–Crippen LogP) is 0.460. The molecule has 0 aliphatic rings. The average molecular weight is 134 g/mol. The fourth-order valence-electron chi connectivity index (χ4n) is 0.461. The van der Waals surface area contributed by atoms with Gasteiger partial charge in [0.1, 0.15) is 0 Å². The summed E-state index contributed by atoms with van der Waals surface area (Å²) in [6, 6.07) is 0. The van der Waals surface area contributed by atoms with Gasteiger partial charge in [-0.1, -0.05) is 6.92 Å². The minimum atomic E-state index is -1.94. The van der Waals surface area contributed by atoms with Gasteiger partial charge < -0.3 is 14.9 Å². The first-order chi connectivity index (χ1) is 3.98. The van der Waals surface area contributed by atoms with Crippen LogP contribution in [0.1, 0.15) is 27.2 Å². The lowest BCUT2D eigenvalue weighted by Crippen LogP contribution is -2.33. The first-order valence-corrected chi connectivity index (χ1v) is 3.10. The molecule has 0 saturated heterocycles. The molecule has 0 radical (unpaired) electrons. The second-order valence-corrected chi connectivity index (χ2v) is 2.26. The Morgan fingerprint density at radius 1 is 1.44 bits per heavy atom. The van der Waals surface area contributed by atoms with E-state index in [4.69, 9.17) is 14.9 Å². The van der Waals surface area contributed by atoms with Gasteiger partial charge in [-0.25, -0.2) is 0 Å². The van der Waals surface area contributed by atoms with Crippen LogP contribution in [-0.2, 0) is 4.74 Å². The van der Waals surface area contributed by atoms with Crippen LogP contribution in [0.3, 0.4) is 0 Å². The molecule has 0 aliphatic carbocycles. The van der Waals surface area contributed by atoms with Gasteiger partial charge in [-0.15, -0.1) is 0 Å². The molecule has 2 N–H and O–H groups in total. The van der Waals surface area contributed by atoms with E-state index in [9.17, 15) is 0 Å². The first-order valence-electron chi connectivity index (χ1n) is 3.10. The molecular weight excluding hydrogens is 120 g/mol. The number of rotatable bonds is 3. The van der Waals surface area contributed by atoms with Crippen molar-refractivity contribution in [3.8, 4) is 0 Å². The topological polar surface area (TPSA) is 49.7 Å². The third-order valence-corrected chi connectivity index (χ3v) is 0.885. The van der Waals surface area contributed by atoms with Crippen molar-refractivity contribution >= 4 is 0 Å². The summed E-state index contributed by atoms with van der Waals surface area (Å²) in [5.74, 6) is -1.94. The molecule has 56 valence electrons. The van der Waals surface area contributed by atoms with Crippen molar-refractivity contribution in [1.29, 1.82) is 0 Å². The minimum absolute atomic E-state index is 0.153. The van der Waals surface area contributed by atoms with E-state index in [1.807, 2.05) is 0 Å². The van der Waals surface area contributed by atoms with E-state index in [2.05, 4.69) is 0 Å². The molecule has 3 heteroatoms. The molecule has 0 rings (SSSR count). The molecule has 0 saturated carbocycles.